The molecule has 0 nitrogen and oxygen atoms in total. The van der Waals surface area contributed by atoms with Gasteiger partial charge in [0.2, 0.25) is 0 Å². The summed E-state index contributed by atoms with van der Waals surface area (Å²) >= 11 is 7.21. The van der Waals surface area contributed by atoms with Crippen LogP contribution < -0.4 is 0 Å². The molecule has 0 saturated heterocycles. The van der Waals surface area contributed by atoms with Gasteiger partial charge in [0.15, 0.2) is 0 Å². The number of thioether (sulfide) groups is 2. The Morgan fingerprint density at radius 2 is 0.181 bits per heavy atom. The monoisotopic (exact) mass is 1120 g/mol. The molecule has 0 rings (SSSR count). The van der Waals surface area contributed by atoms with E-state index in [1.165, 1.54) is 44.9 Å². The van der Waals surface area contributed by atoms with Gasteiger partial charge in [0.25, 0.3) is 0 Å². The van der Waals surface area contributed by atoms with Crippen LogP contribution in [0.2, 0.25) is 75.1 Å². The van der Waals surface area contributed by atoms with Gasteiger partial charge in [-0.3, -0.25) is 0 Å². The predicted molar refractivity (Wildman–Crippen MR) is 422 cm³/mol. The second-order valence-corrected chi connectivity index (χ2v) is 5.82. The summed E-state index contributed by atoms with van der Waals surface area (Å²) < 4.78 is 0. The van der Waals surface area contributed by atoms with Gasteiger partial charge in [-0.1, -0.05) is 380 Å². The van der Waals surface area contributed by atoms with Crippen molar-refractivity contribution in [2.75, 3.05) is 31.3 Å². The van der Waals surface area contributed by atoms with Gasteiger partial charge in [0.1, 0.15) is 21.8 Å². The second-order valence-electron chi connectivity index (χ2n) is 2.73. The van der Waals surface area contributed by atoms with Crippen LogP contribution in [-0.4, -0.2) is 92.3 Å². The zero-order chi connectivity index (χ0) is 70.2. The Kier molecular flexibility index (Phi) is 19600. The van der Waals surface area contributed by atoms with Crippen LogP contribution in [0, 0.1) is 0 Å². The van der Waals surface area contributed by atoms with Crippen molar-refractivity contribution >= 4 is 107 Å². The van der Waals surface area contributed by atoms with Crippen LogP contribution >= 0.6 is 46.0 Å². The van der Waals surface area contributed by atoms with Crippen molar-refractivity contribution in [2.24, 2.45) is 0 Å². The van der Waals surface area contributed by atoms with E-state index in [2.05, 4.69) is 50.9 Å². The van der Waals surface area contributed by atoms with E-state index in [0.717, 1.165) is 0 Å². The normalized spacial score (nSPS) is 3.51. The van der Waals surface area contributed by atoms with E-state index in [-0.39, 0.29) is 0 Å². The maximum atomic E-state index is 4.50. The van der Waals surface area contributed by atoms with Gasteiger partial charge in [-0.25, -0.2) is 0 Å². The van der Waals surface area contributed by atoms with Gasteiger partial charge < -0.3 is 0 Å². The van der Waals surface area contributed by atoms with E-state index in [1.54, 1.807) is 23.5 Å². The SMILES string of the molecule is CC.CC.CC.CC.CC.CC.CC.CC.CC.CC.CC.CC.CC.CC.CC.CC.CC.CC.CC.CC.CC.CC.CSC.CSC.CSS.C[B]C.C[B]C.C[B]C.[B]C.[B]C.[B]C.[B]C.[B]C. The molecule has 0 unspecified atom stereocenters. The van der Waals surface area contributed by atoms with E-state index in [4.69, 9.17) is 0 Å². The molecule has 0 atom stereocenters. The molecule has 0 fully saturated rings. The molecular weight excluding hydrogens is 935 g/mol. The lowest BCUT2D eigenvalue weighted by Gasteiger charge is -1.51. The predicted octanol–water partition coefficient (Wildman–Crippen LogP) is 29.1. The van der Waals surface area contributed by atoms with Crippen LogP contribution in [0.4, 0.5) is 0 Å². The Hall–Kier alpha value is 1.92. The lowest BCUT2D eigenvalue weighted by molar-refractivity contribution is 1.50. The second kappa shape index (κ2) is 6010. The van der Waals surface area contributed by atoms with Crippen LogP contribution in [0.25, 0.3) is 0 Å². The van der Waals surface area contributed by atoms with Crippen molar-refractivity contribution in [2.45, 2.75) is 380 Å². The van der Waals surface area contributed by atoms with Gasteiger partial charge in [0, 0.05) is 0 Å². The Labute approximate surface area is 514 Å². The third-order valence-electron chi connectivity index (χ3n) is 0. The maximum Gasteiger partial charge on any atom is 0.102 e. The first-order valence-electron chi connectivity index (χ1n) is 30.6. The maximum absolute atomic E-state index is 4.50. The smallest absolute Gasteiger partial charge is 0.102 e. The largest absolute Gasteiger partial charge is 0.169 e. The molecule has 0 bridgehead atoms. The molecule has 0 aliphatic rings. The van der Waals surface area contributed by atoms with Crippen molar-refractivity contribution in [1.82, 2.24) is 0 Å². The summed E-state index contributed by atoms with van der Waals surface area (Å²) in [4.78, 5) is 0. The third-order valence-corrected chi connectivity index (χ3v) is 0. The van der Waals surface area contributed by atoms with E-state index in [0.29, 0.717) is 0 Å². The van der Waals surface area contributed by atoms with Crippen molar-refractivity contribution in [1.29, 1.82) is 0 Å². The number of rotatable bonds is 0. The Morgan fingerprint density at radius 3 is 0.181 bits per heavy atom. The van der Waals surface area contributed by atoms with Gasteiger partial charge in [-0.2, -0.15) is 23.5 Å². The molecule has 0 amide bonds. The molecule has 0 aliphatic carbocycles. The lowest BCUT2D eigenvalue weighted by Crippen LogP contribution is -1.53. The first kappa shape index (κ1) is 235. The lowest BCUT2D eigenvalue weighted by atomic mass is 9.88. The van der Waals surface area contributed by atoms with Crippen molar-refractivity contribution < 1.29 is 0 Å². The van der Waals surface area contributed by atoms with E-state index >= 15 is 0 Å². The topological polar surface area (TPSA) is 0 Å². The summed E-state index contributed by atoms with van der Waals surface area (Å²) in [5.74, 6) is 0. The Bertz CT molecular complexity index is 73.3. The summed E-state index contributed by atoms with van der Waals surface area (Å²) in [6, 6.07) is 0. The highest BCUT2D eigenvalue weighted by Crippen LogP contribution is 1.91. The fraction of sp³-hybridized carbons (Fsp3) is 1.00. The summed E-state index contributed by atoms with van der Waals surface area (Å²) in [6.45, 7) is 108. The zero-order valence-corrected chi connectivity index (χ0v) is 69.6. The van der Waals surface area contributed by atoms with E-state index in [1.807, 2.05) is 399 Å². The minimum atomic E-state index is 1.44. The molecule has 0 heterocycles. The molecular formula is C60H181B8S4. The number of hydrogen-bond acceptors (Lipinski definition) is 4. The minimum absolute atomic E-state index is 1.44. The molecule has 0 aromatic rings. The molecule has 0 spiro atoms. The standard InChI is InChI=1S/3C2H6B.2C2H6S.22C2H6.5CH3B.CH4S2/c5*1-3-2;27*1-2;1-3-2/h5*1-2H3;22*1-2H3;5*1H3;2H,1H3. The fourth-order valence-corrected chi connectivity index (χ4v) is 0. The number of thiol groups is 1. The van der Waals surface area contributed by atoms with E-state index < -0.39 is 0 Å². The minimum Gasteiger partial charge on any atom is -0.169 e. The first-order valence-corrected chi connectivity index (χ1v) is 36.1. The van der Waals surface area contributed by atoms with Gasteiger partial charge >= 0.3 is 0 Å². The van der Waals surface area contributed by atoms with Crippen molar-refractivity contribution in [3.8, 4) is 0 Å². The molecule has 469 valence electrons. The third kappa shape index (κ3) is 98200. The average Bonchev–Trinajstić information content (AvgIpc) is 3.55. The van der Waals surface area contributed by atoms with Crippen molar-refractivity contribution in [3.63, 3.8) is 0 Å². The molecule has 0 saturated carbocycles. The summed E-state index contributed by atoms with van der Waals surface area (Å²) in [6.07, 6.45) is 10.1. The molecule has 0 N–H and O–H groups in total. The summed E-state index contributed by atoms with van der Waals surface area (Å²) in [5.41, 5.74) is 0. The Balaban J connectivity index is -0.00000000704. The zero-order valence-electron chi connectivity index (χ0n) is 66.3. The fourth-order valence-electron chi connectivity index (χ4n) is 0. The van der Waals surface area contributed by atoms with Gasteiger partial charge in [-0.05, 0) is 31.3 Å². The quantitative estimate of drug-likeness (QED) is 0.146. The highest BCUT2D eigenvalue weighted by molar-refractivity contribution is 8.68. The molecule has 13 radical (unpaired) electrons. The molecule has 12 heteroatoms. The van der Waals surface area contributed by atoms with Crippen LogP contribution in [0.3, 0.4) is 0 Å². The van der Waals surface area contributed by atoms with E-state index in [9.17, 15) is 0 Å². The Morgan fingerprint density at radius 1 is 0.181 bits per heavy atom. The molecule has 72 heavy (non-hydrogen) atoms. The first-order chi connectivity index (χ1) is 35.5. The highest BCUT2D eigenvalue weighted by atomic mass is 33.1. The van der Waals surface area contributed by atoms with Gasteiger partial charge in [0.05, 0.1) is 39.2 Å². The summed E-state index contributed by atoms with van der Waals surface area (Å²) in [5, 5.41) is 0. The van der Waals surface area contributed by atoms with Crippen LogP contribution in [0.1, 0.15) is 305 Å². The number of hydrogen-bond donors (Lipinski definition) is 1. The summed E-state index contributed by atoms with van der Waals surface area (Å²) in [7, 11) is 29.9. The molecule has 0 aliphatic heterocycles. The van der Waals surface area contributed by atoms with Crippen molar-refractivity contribution in [3.05, 3.63) is 0 Å². The molecule has 0 aromatic carbocycles. The van der Waals surface area contributed by atoms with Crippen LogP contribution in [0.5, 0.6) is 0 Å². The average molecular weight is 1120 g/mol. The van der Waals surface area contributed by atoms with Gasteiger partial charge in [-0.15, -0.1) is 22.5 Å². The molecule has 0 aromatic heterocycles. The highest BCUT2D eigenvalue weighted by Gasteiger charge is 1.43. The van der Waals surface area contributed by atoms with Crippen LogP contribution in [-0.2, 0) is 0 Å². The van der Waals surface area contributed by atoms with Crippen LogP contribution in [0.15, 0.2) is 0 Å².